The van der Waals surface area contributed by atoms with E-state index in [0.29, 0.717) is 27.4 Å². The number of carbonyl (C=O) groups is 1. The first-order valence-electron chi connectivity index (χ1n) is 5.77. The average molecular weight is 278 g/mol. The number of nitrogen functional groups attached to an aromatic ring is 1. The summed E-state index contributed by atoms with van der Waals surface area (Å²) in [4.78, 5) is 12.4. The van der Waals surface area contributed by atoms with E-state index >= 15 is 0 Å². The van der Waals surface area contributed by atoms with Crippen LogP contribution in [-0.2, 0) is 0 Å². The van der Waals surface area contributed by atoms with Crippen molar-refractivity contribution < 1.29 is 9.18 Å². The number of carbonyl (C=O) groups excluding carboxylic acids is 1. The topological polar surface area (TPSA) is 43.1 Å². The molecule has 0 amide bonds. The fourth-order valence-electron chi connectivity index (χ4n) is 2.00. The monoisotopic (exact) mass is 277 g/mol. The lowest BCUT2D eigenvalue weighted by Gasteiger charge is -2.09. The van der Waals surface area contributed by atoms with Crippen LogP contribution >= 0.6 is 11.6 Å². The molecule has 0 saturated heterocycles. The average Bonchev–Trinajstić information content (AvgIpc) is 2.35. The summed E-state index contributed by atoms with van der Waals surface area (Å²) >= 11 is 6.01. The van der Waals surface area contributed by atoms with Gasteiger partial charge in [-0.25, -0.2) is 4.39 Å². The van der Waals surface area contributed by atoms with Crippen molar-refractivity contribution in [2.24, 2.45) is 0 Å². The normalized spacial score (nSPS) is 10.5. The third-order valence-corrected chi connectivity index (χ3v) is 3.29. The van der Waals surface area contributed by atoms with Crippen molar-refractivity contribution in [3.8, 4) is 0 Å². The number of rotatable bonds is 2. The van der Waals surface area contributed by atoms with Crippen molar-refractivity contribution in [1.82, 2.24) is 0 Å². The minimum Gasteiger partial charge on any atom is -0.398 e. The maximum atomic E-state index is 13.6. The molecule has 0 bridgehead atoms. The summed E-state index contributed by atoms with van der Waals surface area (Å²) in [5.41, 5.74) is 7.60. The van der Waals surface area contributed by atoms with Crippen molar-refractivity contribution in [1.29, 1.82) is 0 Å². The molecule has 0 fully saturated rings. The number of nitrogens with two attached hydrogens (primary N) is 1. The molecule has 0 aliphatic rings. The third-order valence-electron chi connectivity index (χ3n) is 2.97. The Hall–Kier alpha value is -1.87. The summed E-state index contributed by atoms with van der Waals surface area (Å²) in [6.45, 7) is 3.24. The lowest BCUT2D eigenvalue weighted by molar-refractivity contribution is 0.103. The van der Waals surface area contributed by atoms with Crippen LogP contribution in [0.3, 0.4) is 0 Å². The van der Waals surface area contributed by atoms with Crippen LogP contribution in [0, 0.1) is 19.7 Å². The van der Waals surface area contributed by atoms with Gasteiger partial charge in [-0.2, -0.15) is 0 Å². The molecule has 2 rings (SSSR count). The molecule has 4 heteroatoms. The van der Waals surface area contributed by atoms with Gasteiger partial charge in [-0.05, 0) is 49.2 Å². The van der Waals surface area contributed by atoms with Crippen LogP contribution < -0.4 is 5.73 Å². The van der Waals surface area contributed by atoms with Gasteiger partial charge in [-0.3, -0.25) is 4.79 Å². The summed E-state index contributed by atoms with van der Waals surface area (Å²) in [5.74, 6) is -0.599. The second-order valence-corrected chi connectivity index (χ2v) is 4.86. The van der Waals surface area contributed by atoms with Crippen molar-refractivity contribution in [3.05, 3.63) is 63.4 Å². The first kappa shape index (κ1) is 13.6. The molecule has 98 valence electrons. The molecule has 2 nitrogen and oxygen atoms in total. The molecule has 0 atom stereocenters. The van der Waals surface area contributed by atoms with E-state index in [1.165, 1.54) is 12.1 Å². The molecule has 2 aromatic rings. The predicted octanol–water partition coefficient (Wildman–Crippen LogP) is 3.91. The Bertz CT molecular complexity index is 624. The Balaban J connectivity index is 2.57. The lowest BCUT2D eigenvalue weighted by atomic mass is 9.98. The molecule has 0 radical (unpaired) electrons. The second kappa shape index (κ2) is 5.02. The van der Waals surface area contributed by atoms with Crippen LogP contribution in [0.1, 0.15) is 27.0 Å². The van der Waals surface area contributed by atoms with Gasteiger partial charge in [0.2, 0.25) is 0 Å². The van der Waals surface area contributed by atoms with Gasteiger partial charge in [0.25, 0.3) is 0 Å². The van der Waals surface area contributed by atoms with E-state index in [2.05, 4.69) is 0 Å². The molecule has 2 N–H and O–H groups in total. The zero-order chi connectivity index (χ0) is 14.2. The molecule has 0 saturated carbocycles. The molecule has 0 aliphatic carbocycles. The van der Waals surface area contributed by atoms with E-state index in [9.17, 15) is 9.18 Å². The smallest absolute Gasteiger partial charge is 0.196 e. The van der Waals surface area contributed by atoms with E-state index in [1.807, 2.05) is 0 Å². The summed E-state index contributed by atoms with van der Waals surface area (Å²) in [6.07, 6.45) is 0. The van der Waals surface area contributed by atoms with Gasteiger partial charge < -0.3 is 5.73 Å². The van der Waals surface area contributed by atoms with E-state index in [-0.39, 0.29) is 17.2 Å². The van der Waals surface area contributed by atoms with Crippen LogP contribution in [0.5, 0.6) is 0 Å². The number of hydrogen-bond donors (Lipinski definition) is 1. The maximum absolute atomic E-state index is 13.6. The molecule has 2 aromatic carbocycles. The fraction of sp³-hybridized carbons (Fsp3) is 0.133. The molecule has 0 aromatic heterocycles. The molecule has 0 heterocycles. The Kier molecular flexibility index (Phi) is 3.58. The predicted molar refractivity (Wildman–Crippen MR) is 75.2 cm³/mol. The molecule has 0 spiro atoms. The van der Waals surface area contributed by atoms with E-state index in [0.717, 1.165) is 0 Å². The maximum Gasteiger partial charge on any atom is 0.196 e. The summed E-state index contributed by atoms with van der Waals surface area (Å²) in [6, 6.07) is 7.91. The van der Waals surface area contributed by atoms with Crippen LogP contribution in [-0.4, -0.2) is 5.78 Å². The Morgan fingerprint density at radius 2 is 1.79 bits per heavy atom. The van der Waals surface area contributed by atoms with Crippen molar-refractivity contribution in [3.63, 3.8) is 0 Å². The van der Waals surface area contributed by atoms with Crippen molar-refractivity contribution >= 4 is 23.1 Å². The Labute approximate surface area is 116 Å². The molecule has 19 heavy (non-hydrogen) atoms. The molecular weight excluding hydrogens is 265 g/mol. The highest BCUT2D eigenvalue weighted by atomic mass is 35.5. The van der Waals surface area contributed by atoms with Gasteiger partial charge in [-0.1, -0.05) is 17.7 Å². The van der Waals surface area contributed by atoms with E-state index in [1.54, 1.807) is 32.0 Å². The fourth-order valence-corrected chi connectivity index (χ4v) is 2.27. The largest absolute Gasteiger partial charge is 0.398 e. The van der Waals surface area contributed by atoms with Crippen LogP contribution in [0.15, 0.2) is 30.3 Å². The highest BCUT2D eigenvalue weighted by Gasteiger charge is 2.17. The van der Waals surface area contributed by atoms with Gasteiger partial charge >= 0.3 is 0 Å². The lowest BCUT2D eigenvalue weighted by Crippen LogP contribution is -2.07. The zero-order valence-corrected chi connectivity index (χ0v) is 11.4. The van der Waals surface area contributed by atoms with Gasteiger partial charge in [-0.15, -0.1) is 0 Å². The second-order valence-electron chi connectivity index (χ2n) is 4.46. The number of halogens is 2. The first-order chi connectivity index (χ1) is 8.91. The number of aryl methyl sites for hydroxylation is 2. The summed E-state index contributed by atoms with van der Waals surface area (Å²) in [7, 11) is 0. The highest BCUT2D eigenvalue weighted by molar-refractivity contribution is 6.35. The number of hydrogen-bond acceptors (Lipinski definition) is 2. The standard InChI is InChI=1S/C15H13ClFNO/c1-8-6-10(7-9(2)14(8)17)15(19)13-11(16)4-3-5-12(13)18/h3-7H,18H2,1-2H3. The van der Waals surface area contributed by atoms with Gasteiger partial charge in [0, 0.05) is 11.3 Å². The SMILES string of the molecule is Cc1cc(C(=O)c2c(N)cccc2Cl)cc(C)c1F. The summed E-state index contributed by atoms with van der Waals surface area (Å²) in [5, 5.41) is 0.296. The Morgan fingerprint density at radius 3 is 2.32 bits per heavy atom. The van der Waals surface area contributed by atoms with Gasteiger partial charge in [0.1, 0.15) is 5.82 Å². The highest BCUT2D eigenvalue weighted by Crippen LogP contribution is 2.26. The molecule has 0 unspecified atom stereocenters. The van der Waals surface area contributed by atoms with Crippen LogP contribution in [0.25, 0.3) is 0 Å². The van der Waals surface area contributed by atoms with Gasteiger partial charge in [0.05, 0.1) is 10.6 Å². The number of benzene rings is 2. The first-order valence-corrected chi connectivity index (χ1v) is 6.15. The van der Waals surface area contributed by atoms with E-state index < -0.39 is 0 Å². The summed E-state index contributed by atoms with van der Waals surface area (Å²) < 4.78 is 13.6. The van der Waals surface area contributed by atoms with Crippen LogP contribution in [0.2, 0.25) is 5.02 Å². The Morgan fingerprint density at radius 1 is 1.21 bits per heavy atom. The molecular formula is C15H13ClFNO. The minimum absolute atomic E-state index is 0.259. The quantitative estimate of drug-likeness (QED) is 0.668. The van der Waals surface area contributed by atoms with Gasteiger partial charge in [0.15, 0.2) is 5.78 Å². The van der Waals surface area contributed by atoms with Crippen molar-refractivity contribution in [2.75, 3.05) is 5.73 Å². The number of anilines is 1. The van der Waals surface area contributed by atoms with E-state index in [4.69, 9.17) is 17.3 Å². The van der Waals surface area contributed by atoms with Crippen LogP contribution in [0.4, 0.5) is 10.1 Å². The molecule has 0 aliphatic heterocycles. The van der Waals surface area contributed by atoms with Crippen molar-refractivity contribution in [2.45, 2.75) is 13.8 Å². The zero-order valence-electron chi connectivity index (χ0n) is 10.6. The third kappa shape index (κ3) is 2.47. The minimum atomic E-state index is -0.302. The number of ketones is 1.